The maximum absolute atomic E-state index is 4.96. The van der Waals surface area contributed by atoms with Gasteiger partial charge in [-0.1, -0.05) is 73.9 Å². The van der Waals surface area contributed by atoms with Crippen molar-refractivity contribution in [2.75, 3.05) is 0 Å². The summed E-state index contributed by atoms with van der Waals surface area (Å²) in [5.41, 5.74) is 0. The average Bonchev–Trinajstić information content (AvgIpc) is 2.54. The highest BCUT2D eigenvalue weighted by Gasteiger charge is 2.05. The summed E-state index contributed by atoms with van der Waals surface area (Å²) in [5, 5.41) is 8.14. The summed E-state index contributed by atoms with van der Waals surface area (Å²) in [6, 6.07) is 21.9. The molecule has 0 saturated carbocycles. The average molecular weight is 264 g/mol. The molecule has 0 aliphatic rings. The molecule has 0 N–H and O–H groups in total. The van der Waals surface area contributed by atoms with Crippen molar-refractivity contribution in [2.24, 2.45) is 0 Å². The summed E-state index contributed by atoms with van der Waals surface area (Å²) in [4.78, 5) is 0. The van der Waals surface area contributed by atoms with Crippen LogP contribution in [0.5, 0.6) is 0 Å². The van der Waals surface area contributed by atoms with E-state index in [1.807, 2.05) is 14.1 Å². The summed E-state index contributed by atoms with van der Waals surface area (Å²) in [6.45, 7) is 2.04. The molecule has 3 heteroatoms. The molecule has 4 aromatic rings. The van der Waals surface area contributed by atoms with Gasteiger partial charge in [-0.3, -0.25) is 0 Å². The van der Waals surface area contributed by atoms with E-state index >= 15 is 0 Å². The summed E-state index contributed by atoms with van der Waals surface area (Å²) < 4.78 is 0. The van der Waals surface area contributed by atoms with Gasteiger partial charge in [-0.05, 0) is 32.3 Å². The molecule has 21 heavy (non-hydrogen) atoms. The summed E-state index contributed by atoms with van der Waals surface area (Å²) in [7, 11) is 8.42. The lowest BCUT2D eigenvalue weighted by Gasteiger charge is -2.09. The van der Waals surface area contributed by atoms with Crippen molar-refractivity contribution in [3.8, 4) is 0 Å². The van der Waals surface area contributed by atoms with Gasteiger partial charge >= 0.3 is 0 Å². The molecule has 0 aliphatic carbocycles. The lowest BCUT2D eigenvalue weighted by Crippen LogP contribution is -1.98. The Hall–Kier alpha value is -1.89. The van der Waals surface area contributed by atoms with E-state index in [0.29, 0.717) is 0 Å². The SMILES string of the molecule is [B][B][B]CC.c1cc2ccc3cccc4ccc(c1)c2c34. The Kier molecular flexibility index (Phi) is 4.19. The fourth-order valence-corrected chi connectivity index (χ4v) is 2.81. The van der Waals surface area contributed by atoms with Gasteiger partial charge in [0.05, 0.1) is 7.17 Å². The summed E-state index contributed by atoms with van der Waals surface area (Å²) >= 11 is 0. The third-order valence-corrected chi connectivity index (χ3v) is 3.76. The Morgan fingerprint density at radius 1 is 0.714 bits per heavy atom. The van der Waals surface area contributed by atoms with Crippen LogP contribution < -0.4 is 0 Å². The van der Waals surface area contributed by atoms with Gasteiger partial charge in [0.15, 0.2) is 0 Å². The van der Waals surface area contributed by atoms with Crippen LogP contribution in [0.25, 0.3) is 32.3 Å². The second-order valence-electron chi connectivity index (χ2n) is 5.13. The molecule has 0 atom stereocenters. The largest absolute Gasteiger partial charge is 0.0923 e. The van der Waals surface area contributed by atoms with Crippen LogP contribution in [0.3, 0.4) is 0 Å². The molecule has 0 nitrogen and oxygen atoms in total. The predicted molar refractivity (Wildman–Crippen MR) is 97.9 cm³/mol. The second kappa shape index (κ2) is 6.26. The minimum Gasteiger partial charge on any atom is -0.0923 e. The highest BCUT2D eigenvalue weighted by molar-refractivity contribution is 7.23. The minimum atomic E-state index is 1.04. The molecule has 0 saturated heterocycles. The van der Waals surface area contributed by atoms with Gasteiger partial charge in [0.1, 0.15) is 0 Å². The Balaban J connectivity index is 0.000000233. The molecule has 0 bridgehead atoms. The van der Waals surface area contributed by atoms with Gasteiger partial charge in [0.2, 0.25) is 0 Å². The lowest BCUT2D eigenvalue weighted by atomic mass is 9.27. The van der Waals surface area contributed by atoms with Crippen LogP contribution in [-0.4, -0.2) is 22.0 Å². The maximum Gasteiger partial charge on any atom is 0.0541 e. The first kappa shape index (κ1) is 14.1. The standard InChI is InChI=1S/C16H10.C2H5B3/c1-3-11-7-9-13-5-2-6-14-10-8-12(4-1)15(11)16(13)14;1-2-4-5-3/h1-10H;2H2,1H3. The van der Waals surface area contributed by atoms with Crippen molar-refractivity contribution in [1.82, 2.24) is 0 Å². The van der Waals surface area contributed by atoms with E-state index < -0.39 is 0 Å². The van der Waals surface area contributed by atoms with E-state index in [1.54, 1.807) is 7.06 Å². The van der Waals surface area contributed by atoms with Gasteiger partial charge in [0, 0.05) is 14.8 Å². The van der Waals surface area contributed by atoms with E-state index in [4.69, 9.17) is 7.74 Å². The molecule has 0 amide bonds. The molecule has 0 heterocycles. The van der Waals surface area contributed by atoms with E-state index in [9.17, 15) is 0 Å². The summed E-state index contributed by atoms with van der Waals surface area (Å²) in [5.74, 6) is 0. The number of hydrogen-bond acceptors (Lipinski definition) is 0. The van der Waals surface area contributed by atoms with Gasteiger partial charge in [-0.2, -0.15) is 0 Å². The minimum absolute atomic E-state index is 1.04. The molecule has 4 aromatic carbocycles. The van der Waals surface area contributed by atoms with Gasteiger partial charge in [-0.25, -0.2) is 0 Å². The first-order valence-corrected chi connectivity index (χ1v) is 7.34. The van der Waals surface area contributed by atoms with Crippen LogP contribution in [0.2, 0.25) is 6.32 Å². The smallest absolute Gasteiger partial charge is 0.0541 e. The van der Waals surface area contributed by atoms with Crippen LogP contribution in [0.15, 0.2) is 60.7 Å². The zero-order valence-corrected chi connectivity index (χ0v) is 12.2. The highest BCUT2D eigenvalue weighted by Crippen LogP contribution is 2.33. The van der Waals surface area contributed by atoms with Crippen molar-refractivity contribution in [2.45, 2.75) is 13.2 Å². The van der Waals surface area contributed by atoms with Crippen molar-refractivity contribution >= 4 is 54.3 Å². The van der Waals surface area contributed by atoms with Crippen LogP contribution in [-0.2, 0) is 0 Å². The summed E-state index contributed by atoms with van der Waals surface area (Å²) in [6.07, 6.45) is 1.04. The van der Waals surface area contributed by atoms with E-state index in [1.165, 1.54) is 32.3 Å². The molecule has 4 radical (unpaired) electrons. The number of benzene rings is 4. The zero-order valence-electron chi connectivity index (χ0n) is 12.2. The van der Waals surface area contributed by atoms with Crippen LogP contribution >= 0.6 is 0 Å². The Morgan fingerprint density at radius 3 is 1.33 bits per heavy atom. The first-order chi connectivity index (χ1) is 10.3. The third kappa shape index (κ3) is 2.65. The molecule has 4 rings (SSSR count). The Labute approximate surface area is 128 Å². The van der Waals surface area contributed by atoms with Crippen molar-refractivity contribution in [3.05, 3.63) is 60.7 Å². The van der Waals surface area contributed by atoms with E-state index in [-0.39, 0.29) is 0 Å². The predicted octanol–water partition coefficient (Wildman–Crippen LogP) is 4.42. The third-order valence-electron chi connectivity index (χ3n) is 3.76. The molecular formula is C18H15B3. The Bertz CT molecular complexity index is 723. The maximum atomic E-state index is 4.96. The number of hydrogen-bond donors (Lipinski definition) is 0. The van der Waals surface area contributed by atoms with Crippen LogP contribution in [0, 0.1) is 0 Å². The molecule has 0 unspecified atom stereocenters. The highest BCUT2D eigenvalue weighted by atomic mass is 14.1. The topological polar surface area (TPSA) is 0 Å². The fraction of sp³-hybridized carbons (Fsp3) is 0.111. The normalized spacial score (nSPS) is 10.5. The van der Waals surface area contributed by atoms with E-state index in [0.717, 1.165) is 6.32 Å². The number of rotatable bonds is 2. The van der Waals surface area contributed by atoms with Crippen molar-refractivity contribution < 1.29 is 0 Å². The fourth-order valence-electron chi connectivity index (χ4n) is 2.81. The van der Waals surface area contributed by atoms with E-state index in [2.05, 4.69) is 60.7 Å². The quantitative estimate of drug-likeness (QED) is 0.371. The molecule has 96 valence electrons. The van der Waals surface area contributed by atoms with Crippen LogP contribution in [0.1, 0.15) is 6.92 Å². The van der Waals surface area contributed by atoms with Crippen molar-refractivity contribution in [3.63, 3.8) is 0 Å². The molecular weight excluding hydrogens is 249 g/mol. The van der Waals surface area contributed by atoms with Gasteiger partial charge in [-0.15, -0.1) is 0 Å². The first-order valence-electron chi connectivity index (χ1n) is 7.34. The Morgan fingerprint density at radius 2 is 1.10 bits per heavy atom. The van der Waals surface area contributed by atoms with Gasteiger partial charge in [0.25, 0.3) is 0 Å². The van der Waals surface area contributed by atoms with Crippen LogP contribution in [0.4, 0.5) is 0 Å². The van der Waals surface area contributed by atoms with Crippen molar-refractivity contribution in [1.29, 1.82) is 0 Å². The zero-order chi connectivity index (χ0) is 14.7. The molecule has 0 fully saturated rings. The molecule has 0 aliphatic heterocycles. The monoisotopic (exact) mass is 264 g/mol. The lowest BCUT2D eigenvalue weighted by molar-refractivity contribution is 1.47. The second-order valence-corrected chi connectivity index (χ2v) is 5.13. The molecule has 0 aromatic heterocycles. The van der Waals surface area contributed by atoms with Gasteiger partial charge < -0.3 is 0 Å². The molecule has 0 spiro atoms.